The minimum Gasteiger partial charge on any atom is -0.338 e. The van der Waals surface area contributed by atoms with Gasteiger partial charge in [-0.25, -0.2) is 4.79 Å². The van der Waals surface area contributed by atoms with Crippen LogP contribution in [0.25, 0.3) is 0 Å². The number of likely N-dealkylation sites (tertiary alicyclic amines) is 1. The van der Waals surface area contributed by atoms with Crippen LogP contribution >= 0.6 is 0 Å². The average molecular weight is 355 g/mol. The first-order valence-electron chi connectivity index (χ1n) is 8.73. The number of benzene rings is 1. The molecule has 25 heavy (non-hydrogen) atoms. The van der Waals surface area contributed by atoms with E-state index in [1.807, 2.05) is 18.2 Å². The zero-order valence-corrected chi connectivity index (χ0v) is 14.1. The van der Waals surface area contributed by atoms with Crippen LogP contribution in [0.4, 0.5) is 18.0 Å². The molecule has 1 saturated carbocycles. The number of carbonyl (C=O) groups excluding carboxylic acids is 1. The molecule has 1 aliphatic carbocycles. The van der Waals surface area contributed by atoms with Crippen molar-refractivity contribution >= 4 is 6.03 Å². The smallest absolute Gasteiger partial charge is 0.338 e. The van der Waals surface area contributed by atoms with E-state index in [2.05, 4.69) is 22.8 Å². The predicted molar refractivity (Wildman–Crippen MR) is 89.4 cm³/mol. The van der Waals surface area contributed by atoms with E-state index in [1.165, 1.54) is 10.5 Å². The fourth-order valence-electron chi connectivity index (χ4n) is 3.54. The minimum absolute atomic E-state index is 0.0511. The Morgan fingerprint density at radius 1 is 1.20 bits per heavy atom. The number of urea groups is 1. The Morgan fingerprint density at radius 2 is 1.92 bits per heavy atom. The van der Waals surface area contributed by atoms with Crippen molar-refractivity contribution in [3.05, 3.63) is 35.9 Å². The van der Waals surface area contributed by atoms with Crippen molar-refractivity contribution in [2.24, 2.45) is 5.92 Å². The van der Waals surface area contributed by atoms with Gasteiger partial charge in [-0.2, -0.15) is 13.2 Å². The van der Waals surface area contributed by atoms with E-state index < -0.39 is 12.7 Å². The van der Waals surface area contributed by atoms with Gasteiger partial charge in [-0.15, -0.1) is 0 Å². The number of hydrogen-bond acceptors (Lipinski definition) is 2. The fraction of sp³-hybridized carbons (Fsp3) is 0.611. The second-order valence-electron chi connectivity index (χ2n) is 7.21. The number of alkyl halides is 3. The summed E-state index contributed by atoms with van der Waals surface area (Å²) in [6.07, 6.45) is -1.35. The largest absolute Gasteiger partial charge is 0.401 e. The summed E-state index contributed by atoms with van der Waals surface area (Å²) < 4.78 is 37.2. The molecule has 0 bridgehead atoms. The molecule has 1 saturated heterocycles. The van der Waals surface area contributed by atoms with E-state index in [-0.39, 0.29) is 17.4 Å². The Morgan fingerprint density at radius 3 is 2.56 bits per heavy atom. The van der Waals surface area contributed by atoms with E-state index in [9.17, 15) is 18.0 Å². The Hall–Kier alpha value is -1.76. The molecule has 1 atom stereocenters. The minimum atomic E-state index is -4.16. The van der Waals surface area contributed by atoms with Crippen LogP contribution in [0.3, 0.4) is 0 Å². The van der Waals surface area contributed by atoms with E-state index in [0.29, 0.717) is 32.6 Å². The number of carbonyl (C=O) groups is 1. The van der Waals surface area contributed by atoms with Crippen LogP contribution in [0.5, 0.6) is 0 Å². The normalized spacial score (nSPS) is 22.6. The molecule has 3 rings (SSSR count). The lowest BCUT2D eigenvalue weighted by Crippen LogP contribution is -2.42. The molecule has 0 unspecified atom stereocenters. The van der Waals surface area contributed by atoms with Gasteiger partial charge >= 0.3 is 12.2 Å². The second kappa shape index (κ2) is 7.23. The molecule has 0 aromatic heterocycles. The summed E-state index contributed by atoms with van der Waals surface area (Å²) in [6, 6.07) is 9.91. The third-order valence-electron chi connectivity index (χ3n) is 5.15. The third kappa shape index (κ3) is 5.11. The summed E-state index contributed by atoms with van der Waals surface area (Å²) >= 11 is 0. The summed E-state index contributed by atoms with van der Waals surface area (Å²) in [4.78, 5) is 13.4. The van der Waals surface area contributed by atoms with Crippen molar-refractivity contribution in [2.75, 3.05) is 32.7 Å². The molecule has 2 aliphatic rings. The lowest BCUT2D eigenvalue weighted by atomic mass is 9.96. The SMILES string of the molecule is O=C(NC[C@H]1CCN(CC(F)(F)F)C1)NCC1(c2ccccc2)CC1. The van der Waals surface area contributed by atoms with Crippen molar-refractivity contribution in [1.29, 1.82) is 0 Å². The van der Waals surface area contributed by atoms with Crippen LogP contribution in [-0.4, -0.2) is 49.8 Å². The van der Waals surface area contributed by atoms with Gasteiger partial charge < -0.3 is 10.6 Å². The van der Waals surface area contributed by atoms with Crippen LogP contribution in [0.2, 0.25) is 0 Å². The van der Waals surface area contributed by atoms with Gasteiger partial charge in [0.15, 0.2) is 0 Å². The topological polar surface area (TPSA) is 44.4 Å². The number of nitrogens with one attached hydrogen (secondary N) is 2. The molecule has 2 amide bonds. The molecule has 0 radical (unpaired) electrons. The average Bonchev–Trinajstić information content (AvgIpc) is 3.24. The van der Waals surface area contributed by atoms with Gasteiger partial charge in [0.1, 0.15) is 0 Å². The Labute approximate surface area is 145 Å². The summed E-state index contributed by atoms with van der Waals surface area (Å²) in [5.74, 6) is 0.0807. The lowest BCUT2D eigenvalue weighted by Gasteiger charge is -2.19. The molecular formula is C18H24F3N3O. The van der Waals surface area contributed by atoms with Gasteiger partial charge in [-0.05, 0) is 37.3 Å². The molecule has 7 heteroatoms. The molecule has 2 N–H and O–H groups in total. The van der Waals surface area contributed by atoms with Gasteiger partial charge in [0.05, 0.1) is 6.54 Å². The van der Waals surface area contributed by atoms with Crippen LogP contribution in [0.15, 0.2) is 30.3 Å². The van der Waals surface area contributed by atoms with E-state index >= 15 is 0 Å². The van der Waals surface area contributed by atoms with Gasteiger partial charge in [-0.3, -0.25) is 4.90 Å². The number of halogens is 3. The van der Waals surface area contributed by atoms with Crippen LogP contribution < -0.4 is 10.6 Å². The highest BCUT2D eigenvalue weighted by Crippen LogP contribution is 2.47. The molecule has 0 spiro atoms. The predicted octanol–water partition coefficient (Wildman–Crippen LogP) is 2.90. The monoisotopic (exact) mass is 355 g/mol. The maximum atomic E-state index is 12.4. The van der Waals surface area contributed by atoms with Crippen LogP contribution in [0, 0.1) is 5.92 Å². The number of hydrogen-bond donors (Lipinski definition) is 2. The summed E-state index contributed by atoms with van der Waals surface area (Å²) in [7, 11) is 0. The summed E-state index contributed by atoms with van der Waals surface area (Å²) in [5.41, 5.74) is 1.30. The maximum Gasteiger partial charge on any atom is 0.401 e. The van der Waals surface area contributed by atoms with Crippen molar-refractivity contribution in [2.45, 2.75) is 30.9 Å². The molecule has 138 valence electrons. The number of rotatable bonds is 6. The molecular weight excluding hydrogens is 331 g/mol. The van der Waals surface area contributed by atoms with Crippen molar-refractivity contribution < 1.29 is 18.0 Å². The molecule has 2 fully saturated rings. The zero-order chi connectivity index (χ0) is 17.9. The molecule has 1 aromatic rings. The number of amides is 2. The van der Waals surface area contributed by atoms with Gasteiger partial charge in [0.25, 0.3) is 0 Å². The quantitative estimate of drug-likeness (QED) is 0.824. The first kappa shape index (κ1) is 18.0. The maximum absolute atomic E-state index is 12.4. The van der Waals surface area contributed by atoms with Crippen LogP contribution in [0.1, 0.15) is 24.8 Å². The summed E-state index contributed by atoms with van der Waals surface area (Å²) in [5, 5.41) is 5.72. The highest BCUT2D eigenvalue weighted by molar-refractivity contribution is 5.74. The number of nitrogens with zero attached hydrogens (tertiary/aromatic N) is 1. The Bertz CT molecular complexity index is 587. The Balaban J connectivity index is 1.37. The second-order valence-corrected chi connectivity index (χ2v) is 7.21. The van der Waals surface area contributed by atoms with Gasteiger partial charge in [-0.1, -0.05) is 30.3 Å². The summed E-state index contributed by atoms with van der Waals surface area (Å²) in [6.45, 7) is 0.958. The van der Waals surface area contributed by atoms with E-state index in [4.69, 9.17) is 0 Å². The molecule has 1 aromatic carbocycles. The van der Waals surface area contributed by atoms with Crippen LogP contribution in [-0.2, 0) is 5.41 Å². The van der Waals surface area contributed by atoms with Gasteiger partial charge in [0.2, 0.25) is 0 Å². The first-order chi connectivity index (χ1) is 11.9. The standard InChI is InChI=1S/C18H24F3N3O/c19-18(20,21)13-24-9-6-14(11-24)10-22-16(25)23-12-17(7-8-17)15-4-2-1-3-5-15/h1-5,14H,6-13H2,(H2,22,23,25)/t14-/m1/s1. The first-order valence-corrected chi connectivity index (χ1v) is 8.73. The molecule has 4 nitrogen and oxygen atoms in total. The third-order valence-corrected chi connectivity index (χ3v) is 5.15. The van der Waals surface area contributed by atoms with E-state index in [1.54, 1.807) is 0 Å². The molecule has 1 heterocycles. The van der Waals surface area contributed by atoms with E-state index in [0.717, 1.165) is 12.8 Å². The van der Waals surface area contributed by atoms with Crippen molar-refractivity contribution in [3.8, 4) is 0 Å². The zero-order valence-electron chi connectivity index (χ0n) is 14.1. The lowest BCUT2D eigenvalue weighted by molar-refractivity contribution is -0.143. The fourth-order valence-corrected chi connectivity index (χ4v) is 3.54. The highest BCUT2D eigenvalue weighted by Gasteiger charge is 2.44. The van der Waals surface area contributed by atoms with Gasteiger partial charge in [0, 0.05) is 25.0 Å². The molecule has 1 aliphatic heterocycles. The highest BCUT2D eigenvalue weighted by atomic mass is 19.4. The van der Waals surface area contributed by atoms with Crippen molar-refractivity contribution in [3.63, 3.8) is 0 Å². The Kier molecular flexibility index (Phi) is 5.22. The van der Waals surface area contributed by atoms with Crippen molar-refractivity contribution in [1.82, 2.24) is 15.5 Å².